The van der Waals surface area contributed by atoms with E-state index >= 15 is 0 Å². The first-order valence-electron chi connectivity index (χ1n) is 16.2. The van der Waals surface area contributed by atoms with Crippen molar-refractivity contribution in [1.29, 1.82) is 0 Å². The second-order valence-electron chi connectivity index (χ2n) is 12.4. The Bertz CT molecular complexity index is 1550. The Morgan fingerprint density at radius 3 is 2.74 bits per heavy atom. The summed E-state index contributed by atoms with van der Waals surface area (Å²) in [6, 6.07) is 13.3. The molecule has 2 saturated heterocycles. The van der Waals surface area contributed by atoms with Crippen molar-refractivity contribution < 1.29 is 37.1 Å². The predicted octanol–water partition coefficient (Wildman–Crippen LogP) is 3.78. The van der Waals surface area contributed by atoms with Crippen molar-refractivity contribution in [2.75, 3.05) is 44.4 Å². The molecule has 0 aliphatic carbocycles. The summed E-state index contributed by atoms with van der Waals surface area (Å²) in [6.07, 6.45) is -1.78. The van der Waals surface area contributed by atoms with Gasteiger partial charge in [-0.15, -0.1) is 0 Å². The molecular weight excluding hydrogens is 645 g/mol. The summed E-state index contributed by atoms with van der Waals surface area (Å²) in [6.45, 7) is 7.89. The molecule has 2 fully saturated rings. The van der Waals surface area contributed by atoms with Gasteiger partial charge in [0.2, 0.25) is 10.0 Å². The van der Waals surface area contributed by atoms with Gasteiger partial charge in [-0.2, -0.15) is 16.1 Å². The monoisotopic (exact) mass is 690 g/mol. The number of benzene rings is 2. The third-order valence-electron chi connectivity index (χ3n) is 8.34. The lowest BCUT2D eigenvalue weighted by Crippen LogP contribution is -2.51. The Kier molecular flexibility index (Phi) is 12.6. The summed E-state index contributed by atoms with van der Waals surface area (Å²) in [5, 5.41) is 22.5. The number of aliphatic hydroxyl groups excluding tert-OH is 1. The fourth-order valence-electron chi connectivity index (χ4n) is 5.94. The average Bonchev–Trinajstić information content (AvgIpc) is 3.78. The van der Waals surface area contributed by atoms with Gasteiger partial charge in [-0.3, -0.25) is 0 Å². The van der Waals surface area contributed by atoms with Crippen LogP contribution in [0.3, 0.4) is 0 Å². The maximum atomic E-state index is 14.2. The molecule has 5 atom stereocenters. The van der Waals surface area contributed by atoms with E-state index in [1.165, 1.54) is 10.4 Å². The number of hydrogen-bond donors (Lipinski definition) is 3. The van der Waals surface area contributed by atoms with Crippen LogP contribution in [0.1, 0.15) is 38.4 Å². The number of alkyl carbamates (subject to hydrolysis) is 1. The average molecular weight is 691 g/mol. The Labute approximate surface area is 280 Å². The van der Waals surface area contributed by atoms with Crippen LogP contribution in [-0.4, -0.2) is 98.0 Å². The molecule has 1 amide bonds. The summed E-state index contributed by atoms with van der Waals surface area (Å²) in [5.41, 5.74) is 1.99. The minimum atomic E-state index is -4.07. The van der Waals surface area contributed by atoms with Crippen LogP contribution in [0.4, 0.5) is 4.79 Å². The number of fused-ring (bicyclic) bond motifs is 2. The molecule has 3 aromatic rings. The second kappa shape index (κ2) is 16.6. The molecule has 0 bridgehead atoms. The molecule has 12 nitrogen and oxygen atoms in total. The number of aliphatic hydroxyl groups is 1. The lowest BCUT2D eigenvalue weighted by molar-refractivity contribution is -0.0907. The Hall–Kier alpha value is -2.72. The number of sulfonamides is 1. The molecular formula is C33H46N4O8S2. The van der Waals surface area contributed by atoms with Crippen LogP contribution in [0.2, 0.25) is 0 Å². The highest BCUT2D eigenvalue weighted by Crippen LogP contribution is 2.33. The van der Waals surface area contributed by atoms with Gasteiger partial charge in [0.05, 0.1) is 36.2 Å². The minimum Gasteiger partial charge on any atom is -0.443 e. The lowest BCUT2D eigenvalue weighted by Gasteiger charge is -2.31. The molecule has 0 spiro atoms. The molecule has 5 rings (SSSR count). The van der Waals surface area contributed by atoms with Crippen molar-refractivity contribution in [3.63, 3.8) is 0 Å². The zero-order valence-electron chi connectivity index (χ0n) is 27.2. The van der Waals surface area contributed by atoms with E-state index in [-0.39, 0.29) is 49.1 Å². The quantitative estimate of drug-likeness (QED) is 0.178. The number of thioether (sulfide) groups is 1. The van der Waals surface area contributed by atoms with Gasteiger partial charge in [0.25, 0.3) is 0 Å². The Balaban J connectivity index is 1.33. The minimum absolute atomic E-state index is 0.0357. The summed E-state index contributed by atoms with van der Waals surface area (Å²) in [7, 11) is -4.07. The summed E-state index contributed by atoms with van der Waals surface area (Å²) >= 11 is 1.83. The highest BCUT2D eigenvalue weighted by Gasteiger charge is 2.44. The van der Waals surface area contributed by atoms with E-state index in [1.54, 1.807) is 12.1 Å². The number of carbonyl (C=O) groups is 1. The van der Waals surface area contributed by atoms with E-state index in [9.17, 15) is 18.3 Å². The number of amides is 1. The van der Waals surface area contributed by atoms with Crippen LogP contribution in [-0.2, 0) is 37.2 Å². The number of rotatable bonds is 17. The molecule has 2 aliphatic heterocycles. The molecule has 258 valence electrons. The van der Waals surface area contributed by atoms with Crippen molar-refractivity contribution in [3.05, 3.63) is 59.8 Å². The van der Waals surface area contributed by atoms with Crippen molar-refractivity contribution in [2.24, 2.45) is 11.8 Å². The molecule has 47 heavy (non-hydrogen) atoms. The van der Waals surface area contributed by atoms with Crippen LogP contribution >= 0.6 is 11.8 Å². The van der Waals surface area contributed by atoms with Crippen molar-refractivity contribution in [1.82, 2.24) is 20.1 Å². The maximum absolute atomic E-state index is 14.2. The zero-order chi connectivity index (χ0) is 33.4. The normalized spacial score (nSPS) is 20.9. The highest BCUT2D eigenvalue weighted by atomic mass is 32.2. The van der Waals surface area contributed by atoms with Gasteiger partial charge < -0.3 is 34.5 Å². The van der Waals surface area contributed by atoms with Crippen molar-refractivity contribution >= 4 is 38.8 Å². The molecule has 14 heteroatoms. The second-order valence-corrected chi connectivity index (χ2v) is 15.7. The smallest absolute Gasteiger partial charge is 0.407 e. The fourth-order valence-corrected chi connectivity index (χ4v) is 8.16. The van der Waals surface area contributed by atoms with Gasteiger partial charge in [-0.1, -0.05) is 56.3 Å². The third-order valence-corrected chi connectivity index (χ3v) is 11.1. The number of ether oxygens (including phenoxy) is 3. The zero-order valence-corrected chi connectivity index (χ0v) is 28.8. The number of nitrogens with zero attached hydrogens (tertiary/aromatic N) is 2. The molecule has 3 heterocycles. The first-order chi connectivity index (χ1) is 22.7. The van der Waals surface area contributed by atoms with E-state index in [4.69, 9.17) is 18.7 Å². The maximum Gasteiger partial charge on any atom is 0.407 e. The van der Waals surface area contributed by atoms with Crippen LogP contribution in [0.5, 0.6) is 0 Å². The van der Waals surface area contributed by atoms with E-state index in [2.05, 4.69) is 22.7 Å². The fraction of sp³-hybridized carbons (Fsp3) is 0.576. The molecule has 1 aromatic heterocycles. The summed E-state index contributed by atoms with van der Waals surface area (Å²) < 4.78 is 51.9. The lowest BCUT2D eigenvalue weighted by atomic mass is 10.0. The predicted molar refractivity (Wildman–Crippen MR) is 179 cm³/mol. The first-order valence-corrected chi connectivity index (χ1v) is 18.8. The van der Waals surface area contributed by atoms with Gasteiger partial charge in [0.15, 0.2) is 11.9 Å². The third kappa shape index (κ3) is 9.25. The van der Waals surface area contributed by atoms with Crippen LogP contribution in [0.15, 0.2) is 57.9 Å². The van der Waals surface area contributed by atoms with E-state index in [0.29, 0.717) is 29.8 Å². The molecule has 3 N–H and O–H groups in total. The Morgan fingerprint density at radius 2 is 1.98 bits per heavy atom. The first kappa shape index (κ1) is 35.6. The van der Waals surface area contributed by atoms with E-state index in [1.807, 2.05) is 55.9 Å². The van der Waals surface area contributed by atoms with Crippen LogP contribution < -0.4 is 10.6 Å². The van der Waals surface area contributed by atoms with Gasteiger partial charge in [-0.25, -0.2) is 13.2 Å². The van der Waals surface area contributed by atoms with Gasteiger partial charge in [-0.05, 0) is 48.3 Å². The van der Waals surface area contributed by atoms with Crippen molar-refractivity contribution in [2.45, 2.75) is 69.6 Å². The highest BCUT2D eigenvalue weighted by molar-refractivity contribution is 7.99. The van der Waals surface area contributed by atoms with E-state index in [0.717, 1.165) is 30.0 Å². The number of carbonyl (C=O) groups excluding carboxylic acids is 1. The summed E-state index contributed by atoms with van der Waals surface area (Å²) in [5.74, 6) is 1.92. The molecule has 2 aromatic carbocycles. The van der Waals surface area contributed by atoms with Crippen LogP contribution in [0, 0.1) is 11.8 Å². The number of nitrogens with one attached hydrogen (secondary N) is 2. The molecule has 0 saturated carbocycles. The molecule has 0 radical (unpaired) electrons. The van der Waals surface area contributed by atoms with E-state index < -0.39 is 34.4 Å². The topological polar surface area (TPSA) is 152 Å². The molecule has 2 aliphatic rings. The summed E-state index contributed by atoms with van der Waals surface area (Å²) in [4.78, 5) is 13.2. The number of aromatic nitrogens is 1. The molecule has 0 unspecified atom stereocenters. The van der Waals surface area contributed by atoms with Gasteiger partial charge in [0.1, 0.15) is 11.8 Å². The Morgan fingerprint density at radius 1 is 1.17 bits per heavy atom. The van der Waals surface area contributed by atoms with Crippen LogP contribution in [0.25, 0.3) is 11.0 Å². The van der Waals surface area contributed by atoms with Gasteiger partial charge >= 0.3 is 6.09 Å². The number of hydrogen-bond acceptors (Lipinski definition) is 11. The SMILES string of the molecule is CCSCCNCc1noc2ccc(S(=O)(=O)N(CC(C)C)C[C@@H](O)[C@H](Cc3ccccc3)NC(=O)O[C@H]3CO[C@H]4OCC[C@H]43)cc12. The van der Waals surface area contributed by atoms with Gasteiger partial charge in [0, 0.05) is 37.3 Å². The largest absolute Gasteiger partial charge is 0.443 e. The van der Waals surface area contributed by atoms with Crippen molar-refractivity contribution in [3.8, 4) is 0 Å². The standard InChI is InChI=1S/C33H46N4O8S2/c1-4-46-15-13-34-18-28-26-17-24(10-11-30(26)45-36-28)47(40,41)37(19-22(2)3)20-29(38)27(16-23-8-6-5-7-9-23)35-33(39)44-31-21-43-32-25(31)12-14-42-32/h5-11,17,22,25,27,29,31-32,34,38H,4,12-16,18-21H2,1-3H3,(H,35,39)/t25-,27-,29+,31-,32+/m0/s1.